The third-order valence-electron chi connectivity index (χ3n) is 19.3. The lowest BCUT2D eigenvalue weighted by Gasteiger charge is -2.42. The van der Waals surface area contributed by atoms with Gasteiger partial charge in [-0.2, -0.15) is 0 Å². The van der Waals surface area contributed by atoms with Crippen LogP contribution >= 0.6 is 31.7 Å². The van der Waals surface area contributed by atoms with Crippen molar-refractivity contribution >= 4 is 31.7 Å². The lowest BCUT2D eigenvalue weighted by atomic mass is 9.99. The van der Waals surface area contributed by atoms with Crippen LogP contribution in [0, 0.1) is 0 Å². The second kappa shape index (κ2) is 25.5. The Labute approximate surface area is 390 Å². The van der Waals surface area contributed by atoms with Gasteiger partial charge < -0.3 is 0 Å². The van der Waals surface area contributed by atoms with Gasteiger partial charge in [0.1, 0.15) is 0 Å². The molecule has 1 aromatic rings. The van der Waals surface area contributed by atoms with E-state index in [1.165, 1.54) is 76.0 Å². The van der Waals surface area contributed by atoms with Gasteiger partial charge in [0.05, 0.1) is 0 Å². The van der Waals surface area contributed by atoms with Gasteiger partial charge in [-0.25, -0.2) is 0 Å². The summed E-state index contributed by atoms with van der Waals surface area (Å²) in [6.07, 6.45) is 68.4. The minimum absolute atomic E-state index is 0.0692. The summed E-state index contributed by atoms with van der Waals surface area (Å²) in [6, 6.07) is 6.36. The molecule has 0 radical (unpaired) electrons. The van der Waals surface area contributed by atoms with Gasteiger partial charge in [0, 0.05) is 0 Å². The zero-order valence-electron chi connectivity index (χ0n) is 40.7. The molecule has 350 valence electrons. The van der Waals surface area contributed by atoms with E-state index in [4.69, 9.17) is 0 Å². The van der Waals surface area contributed by atoms with Crippen LogP contribution in [0.5, 0.6) is 0 Å². The molecule has 8 saturated carbocycles. The number of hydrogen-bond acceptors (Lipinski definition) is 0. The van der Waals surface area contributed by atoms with Crippen LogP contribution in [0.15, 0.2) is 12.1 Å². The van der Waals surface area contributed by atoms with Crippen molar-refractivity contribution in [1.82, 2.24) is 0 Å². The highest BCUT2D eigenvalue weighted by atomic mass is 31.1. The predicted octanol–water partition coefficient (Wildman–Crippen LogP) is 20.3. The highest BCUT2D eigenvalue weighted by molar-refractivity contribution is 7.59. The molecule has 0 aliphatic heterocycles. The van der Waals surface area contributed by atoms with Crippen molar-refractivity contribution in [3.8, 4) is 0 Å². The van der Waals surface area contributed by atoms with E-state index in [0.29, 0.717) is 0 Å². The standard InChI is InChI=1S/C58H98P4/c1-9-25-51(26-10-1)59(52-27-11-2-12-28-52)43-47-41-49(45-61(55-33-17-5-18-34-55)56-35-19-6-20-36-56)50(46-62(57-37-21-7-22-38-57)58-39-23-8-24-40-58)42-48(47)44-60(53-29-13-3-14-30-53)54-31-15-4-16-32-54/h41-42,51-58H,1-40,43-46H2. The zero-order chi connectivity index (χ0) is 41.8. The predicted molar refractivity (Wildman–Crippen MR) is 284 cm³/mol. The summed E-state index contributed by atoms with van der Waals surface area (Å²) in [7, 11) is 0.277. The minimum Gasteiger partial charge on any atom is -0.0958 e. The van der Waals surface area contributed by atoms with Crippen molar-refractivity contribution in [1.29, 1.82) is 0 Å². The lowest BCUT2D eigenvalue weighted by molar-refractivity contribution is 0.483. The van der Waals surface area contributed by atoms with Gasteiger partial charge in [-0.15, -0.1) is 0 Å². The van der Waals surface area contributed by atoms with Crippen molar-refractivity contribution in [2.75, 3.05) is 0 Å². The summed E-state index contributed by atoms with van der Waals surface area (Å²) >= 11 is 0. The second-order valence-corrected chi connectivity index (χ2v) is 34.6. The van der Waals surface area contributed by atoms with E-state index < -0.39 is 0 Å². The van der Waals surface area contributed by atoms with E-state index in [-0.39, 0.29) is 31.7 Å². The fourth-order valence-corrected chi connectivity index (χ4v) is 31.1. The fraction of sp³-hybridized carbons (Fsp3) is 0.897. The molecule has 0 spiro atoms. The van der Waals surface area contributed by atoms with E-state index in [1.807, 2.05) is 22.3 Å². The molecular weight excluding hydrogens is 821 g/mol. The molecule has 8 aliphatic carbocycles. The lowest BCUT2D eigenvalue weighted by Crippen LogP contribution is -2.24. The van der Waals surface area contributed by atoms with Crippen molar-refractivity contribution in [3.05, 3.63) is 34.4 Å². The van der Waals surface area contributed by atoms with E-state index in [0.717, 1.165) is 45.3 Å². The summed E-state index contributed by atoms with van der Waals surface area (Å²) in [6.45, 7) is 0. The fourth-order valence-electron chi connectivity index (χ4n) is 15.7. The SMILES string of the molecule is c1c(CP(C2CCCCC2)C2CCCCC2)c(CP(C2CCCCC2)C2CCCCC2)cc(CP(C2CCCCC2)C2CCCCC2)c1CP(C1CCCCC1)C1CCCCC1. The van der Waals surface area contributed by atoms with Crippen LogP contribution in [0.2, 0.25) is 0 Å². The van der Waals surface area contributed by atoms with Gasteiger partial charge in [0.2, 0.25) is 0 Å². The summed E-state index contributed by atoms with van der Waals surface area (Å²) in [5.74, 6) is 0. The van der Waals surface area contributed by atoms with Gasteiger partial charge in [0.25, 0.3) is 0 Å². The Morgan fingerprint density at radius 2 is 0.339 bits per heavy atom. The molecule has 0 heterocycles. The van der Waals surface area contributed by atoms with Crippen LogP contribution in [0.4, 0.5) is 0 Å². The number of hydrogen-bond donors (Lipinski definition) is 0. The molecule has 0 nitrogen and oxygen atoms in total. The molecule has 0 unspecified atom stereocenters. The Hall–Kier alpha value is 0.940. The Bertz CT molecular complexity index is 1130. The van der Waals surface area contributed by atoms with Gasteiger partial charge in [-0.05, 0) is 195 Å². The van der Waals surface area contributed by atoms with Crippen molar-refractivity contribution in [3.63, 3.8) is 0 Å². The molecule has 9 rings (SSSR count). The van der Waals surface area contributed by atoms with Crippen molar-refractivity contribution < 1.29 is 0 Å². The van der Waals surface area contributed by atoms with Gasteiger partial charge in [-0.1, -0.05) is 198 Å². The zero-order valence-corrected chi connectivity index (χ0v) is 44.3. The molecule has 0 aromatic heterocycles. The first-order valence-corrected chi connectivity index (χ1v) is 35.6. The molecule has 8 aliphatic rings. The molecule has 0 bridgehead atoms. The van der Waals surface area contributed by atoms with E-state index in [2.05, 4.69) is 12.1 Å². The molecule has 62 heavy (non-hydrogen) atoms. The summed E-state index contributed by atoms with van der Waals surface area (Å²) in [4.78, 5) is 0. The maximum absolute atomic E-state index is 3.18. The first-order chi connectivity index (χ1) is 30.8. The molecule has 8 fully saturated rings. The topological polar surface area (TPSA) is 0 Å². The second-order valence-electron chi connectivity index (χ2n) is 23.4. The Morgan fingerprint density at radius 1 is 0.210 bits per heavy atom. The Kier molecular flexibility index (Phi) is 19.8. The Morgan fingerprint density at radius 3 is 0.468 bits per heavy atom. The van der Waals surface area contributed by atoms with Crippen LogP contribution in [0.1, 0.15) is 279 Å². The van der Waals surface area contributed by atoms with Crippen LogP contribution in [0.25, 0.3) is 0 Å². The molecular formula is C58H98P4. The van der Waals surface area contributed by atoms with Gasteiger partial charge >= 0.3 is 0 Å². The largest absolute Gasteiger partial charge is 0.0958 e. The third-order valence-corrected chi connectivity index (χ3v) is 33.7. The van der Waals surface area contributed by atoms with Crippen molar-refractivity contribution in [2.45, 2.75) is 327 Å². The summed E-state index contributed by atoms with van der Waals surface area (Å²) in [5, 5.41) is 0. The van der Waals surface area contributed by atoms with Gasteiger partial charge in [-0.3, -0.25) is 0 Å². The first kappa shape index (κ1) is 48.0. The van der Waals surface area contributed by atoms with E-state index in [9.17, 15) is 0 Å². The molecule has 0 amide bonds. The van der Waals surface area contributed by atoms with Crippen LogP contribution in [-0.2, 0) is 24.6 Å². The minimum atomic E-state index is 0.0692. The monoisotopic (exact) mass is 919 g/mol. The van der Waals surface area contributed by atoms with E-state index >= 15 is 0 Å². The van der Waals surface area contributed by atoms with Crippen molar-refractivity contribution in [2.24, 2.45) is 0 Å². The molecule has 0 atom stereocenters. The van der Waals surface area contributed by atoms with Crippen LogP contribution < -0.4 is 0 Å². The quantitative estimate of drug-likeness (QED) is 0.145. The Balaban J connectivity index is 1.15. The van der Waals surface area contributed by atoms with Gasteiger partial charge in [0.15, 0.2) is 0 Å². The van der Waals surface area contributed by atoms with Crippen LogP contribution in [-0.4, -0.2) is 45.3 Å². The normalized spacial score (nSPS) is 26.4. The highest BCUT2D eigenvalue weighted by Gasteiger charge is 2.38. The number of benzene rings is 1. The average Bonchev–Trinajstić information content (AvgIpc) is 3.36. The molecule has 1 aromatic carbocycles. The number of rotatable bonds is 16. The average molecular weight is 919 g/mol. The molecule has 0 saturated heterocycles. The summed E-state index contributed by atoms with van der Waals surface area (Å²) in [5.41, 5.74) is 16.6. The summed E-state index contributed by atoms with van der Waals surface area (Å²) < 4.78 is 0. The molecule has 4 heteroatoms. The first-order valence-electron chi connectivity index (χ1n) is 28.9. The van der Waals surface area contributed by atoms with E-state index in [1.54, 1.807) is 205 Å². The molecule has 0 N–H and O–H groups in total. The highest BCUT2D eigenvalue weighted by Crippen LogP contribution is 2.64. The smallest absolute Gasteiger partial charge is 0.00651 e. The van der Waals surface area contributed by atoms with Crippen LogP contribution in [0.3, 0.4) is 0 Å². The third kappa shape index (κ3) is 13.2. The maximum Gasteiger partial charge on any atom is -0.00651 e. The maximum atomic E-state index is 3.18.